The van der Waals surface area contributed by atoms with Gasteiger partial charge in [-0.2, -0.15) is 0 Å². The van der Waals surface area contributed by atoms with E-state index in [4.69, 9.17) is 5.11 Å². The highest BCUT2D eigenvalue weighted by Gasteiger charge is 2.14. The minimum Gasteiger partial charge on any atom is -0.476 e. The number of aryl methyl sites for hydroxylation is 2. The van der Waals surface area contributed by atoms with E-state index in [1.54, 1.807) is 6.92 Å². The van der Waals surface area contributed by atoms with E-state index in [1.165, 1.54) is 11.3 Å². The van der Waals surface area contributed by atoms with Crippen molar-refractivity contribution in [3.05, 3.63) is 22.5 Å². The molecule has 0 atom stereocenters. The number of hydrogen-bond acceptors (Lipinski definition) is 4. The van der Waals surface area contributed by atoms with Crippen molar-refractivity contribution in [2.75, 3.05) is 0 Å². The van der Waals surface area contributed by atoms with Crippen molar-refractivity contribution in [2.24, 2.45) is 0 Å². The average molecular weight is 222 g/mol. The second kappa shape index (κ2) is 3.58. The van der Waals surface area contributed by atoms with Gasteiger partial charge in [-0.15, -0.1) is 11.3 Å². The van der Waals surface area contributed by atoms with Crippen LogP contribution in [0.15, 0.2) is 6.07 Å². The Balaban J connectivity index is 2.77. The molecule has 0 bridgehead atoms. The minimum absolute atomic E-state index is 0.105. The van der Waals surface area contributed by atoms with E-state index in [9.17, 15) is 4.79 Å². The first-order chi connectivity index (χ1) is 7.11. The number of nitrogens with zero attached hydrogens (tertiary/aromatic N) is 2. The lowest BCUT2D eigenvalue weighted by atomic mass is 10.2. The molecule has 0 aliphatic carbocycles. The molecule has 2 heterocycles. The van der Waals surface area contributed by atoms with Crippen LogP contribution in [0.1, 0.15) is 28.1 Å². The molecule has 2 rings (SSSR count). The predicted octanol–water partition coefficient (Wildman–Crippen LogP) is 2.26. The monoisotopic (exact) mass is 222 g/mol. The molecule has 5 heteroatoms. The molecule has 0 aliphatic heterocycles. The first-order valence-electron chi connectivity index (χ1n) is 4.62. The summed E-state index contributed by atoms with van der Waals surface area (Å²) < 4.78 is 0. The smallest absolute Gasteiger partial charge is 0.355 e. The summed E-state index contributed by atoms with van der Waals surface area (Å²) in [4.78, 5) is 21.0. The van der Waals surface area contributed by atoms with Crippen molar-refractivity contribution < 1.29 is 9.90 Å². The molecule has 0 aromatic carbocycles. The van der Waals surface area contributed by atoms with Gasteiger partial charge in [-0.25, -0.2) is 14.8 Å². The predicted molar refractivity (Wildman–Crippen MR) is 58.5 cm³/mol. The van der Waals surface area contributed by atoms with Crippen LogP contribution in [0.2, 0.25) is 0 Å². The van der Waals surface area contributed by atoms with Gasteiger partial charge in [0, 0.05) is 10.3 Å². The Morgan fingerprint density at radius 2 is 2.27 bits per heavy atom. The lowest BCUT2D eigenvalue weighted by Gasteiger charge is -1.97. The number of aromatic carboxylic acids is 1. The standard InChI is InChI=1S/C10H10N2O2S/c1-3-6-4-7-8(10(13)14)11-5(2)12-9(7)15-6/h4H,3H2,1-2H3,(H,13,14). The Kier molecular flexibility index (Phi) is 2.40. The van der Waals surface area contributed by atoms with E-state index in [1.807, 2.05) is 13.0 Å². The summed E-state index contributed by atoms with van der Waals surface area (Å²) in [5.41, 5.74) is 0.105. The van der Waals surface area contributed by atoms with Crippen LogP contribution in [0.3, 0.4) is 0 Å². The molecule has 2 aromatic heterocycles. The highest BCUT2D eigenvalue weighted by molar-refractivity contribution is 7.18. The second-order valence-corrected chi connectivity index (χ2v) is 4.32. The summed E-state index contributed by atoms with van der Waals surface area (Å²) >= 11 is 1.53. The molecular weight excluding hydrogens is 212 g/mol. The zero-order valence-electron chi connectivity index (χ0n) is 8.44. The highest BCUT2D eigenvalue weighted by atomic mass is 32.1. The highest BCUT2D eigenvalue weighted by Crippen LogP contribution is 2.26. The topological polar surface area (TPSA) is 63.1 Å². The lowest BCUT2D eigenvalue weighted by molar-refractivity contribution is 0.0692. The molecule has 0 fully saturated rings. The van der Waals surface area contributed by atoms with E-state index in [-0.39, 0.29) is 5.69 Å². The molecule has 0 amide bonds. The van der Waals surface area contributed by atoms with Crippen LogP contribution in [-0.2, 0) is 6.42 Å². The van der Waals surface area contributed by atoms with Crippen LogP contribution in [0.25, 0.3) is 10.2 Å². The molecular formula is C10H10N2O2S. The average Bonchev–Trinajstić information content (AvgIpc) is 2.58. The van der Waals surface area contributed by atoms with E-state index >= 15 is 0 Å². The van der Waals surface area contributed by atoms with Gasteiger partial charge in [-0.3, -0.25) is 0 Å². The molecule has 0 saturated carbocycles. The number of aromatic nitrogens is 2. The van der Waals surface area contributed by atoms with Crippen molar-refractivity contribution in [1.29, 1.82) is 0 Å². The summed E-state index contributed by atoms with van der Waals surface area (Å²) in [6, 6.07) is 1.86. The zero-order chi connectivity index (χ0) is 11.0. The van der Waals surface area contributed by atoms with Crippen molar-refractivity contribution in [3.63, 3.8) is 0 Å². The van der Waals surface area contributed by atoms with Gasteiger partial charge < -0.3 is 5.11 Å². The molecule has 0 spiro atoms. The summed E-state index contributed by atoms with van der Waals surface area (Å²) in [5.74, 6) is -0.490. The van der Waals surface area contributed by atoms with Gasteiger partial charge in [0.15, 0.2) is 5.69 Å². The summed E-state index contributed by atoms with van der Waals surface area (Å²) in [6.45, 7) is 3.74. The zero-order valence-corrected chi connectivity index (χ0v) is 9.26. The number of hydrogen-bond donors (Lipinski definition) is 1. The van der Waals surface area contributed by atoms with Gasteiger partial charge in [0.25, 0.3) is 0 Å². The first kappa shape index (κ1) is 10.0. The third-order valence-electron chi connectivity index (χ3n) is 2.11. The molecule has 0 saturated heterocycles. The number of rotatable bonds is 2. The first-order valence-corrected chi connectivity index (χ1v) is 5.43. The normalized spacial score (nSPS) is 10.8. The largest absolute Gasteiger partial charge is 0.476 e. The maximum Gasteiger partial charge on any atom is 0.355 e. The van der Waals surface area contributed by atoms with Crippen LogP contribution in [0.4, 0.5) is 0 Å². The maximum atomic E-state index is 11.0. The van der Waals surface area contributed by atoms with Gasteiger partial charge in [0.05, 0.1) is 0 Å². The van der Waals surface area contributed by atoms with Gasteiger partial charge in [-0.05, 0) is 19.4 Å². The van der Waals surface area contributed by atoms with Crippen molar-refractivity contribution in [3.8, 4) is 0 Å². The Bertz CT molecular complexity index is 533. The fourth-order valence-electron chi connectivity index (χ4n) is 1.42. The molecule has 1 N–H and O–H groups in total. The lowest BCUT2D eigenvalue weighted by Crippen LogP contribution is -2.03. The maximum absolute atomic E-state index is 11.0. The van der Waals surface area contributed by atoms with E-state index in [0.29, 0.717) is 11.2 Å². The van der Waals surface area contributed by atoms with Crippen molar-refractivity contribution >= 4 is 27.5 Å². The summed E-state index contributed by atoms with van der Waals surface area (Å²) in [7, 11) is 0. The van der Waals surface area contributed by atoms with Crippen molar-refractivity contribution in [1.82, 2.24) is 9.97 Å². The van der Waals surface area contributed by atoms with Crippen molar-refractivity contribution in [2.45, 2.75) is 20.3 Å². The van der Waals surface area contributed by atoms with Gasteiger partial charge >= 0.3 is 5.97 Å². The van der Waals surface area contributed by atoms with Crippen LogP contribution < -0.4 is 0 Å². The van der Waals surface area contributed by atoms with Gasteiger partial charge in [-0.1, -0.05) is 6.92 Å². The van der Waals surface area contributed by atoms with Crippen LogP contribution in [0, 0.1) is 6.92 Å². The molecule has 0 unspecified atom stereocenters. The Morgan fingerprint density at radius 3 is 2.87 bits per heavy atom. The third-order valence-corrected chi connectivity index (χ3v) is 3.28. The van der Waals surface area contributed by atoms with Crippen LogP contribution in [-0.4, -0.2) is 21.0 Å². The number of carbonyl (C=O) groups is 1. The van der Waals surface area contributed by atoms with E-state index < -0.39 is 5.97 Å². The molecule has 4 nitrogen and oxygen atoms in total. The molecule has 78 valence electrons. The molecule has 2 aromatic rings. The number of carboxylic acid groups (broad SMARTS) is 1. The molecule has 0 radical (unpaired) electrons. The van der Waals surface area contributed by atoms with E-state index in [2.05, 4.69) is 9.97 Å². The quantitative estimate of drug-likeness (QED) is 0.846. The Morgan fingerprint density at radius 1 is 1.53 bits per heavy atom. The summed E-state index contributed by atoms with van der Waals surface area (Å²) in [5, 5.41) is 9.65. The number of carboxylic acids is 1. The second-order valence-electron chi connectivity index (χ2n) is 3.21. The minimum atomic E-state index is -0.994. The SMILES string of the molecule is CCc1cc2c(C(=O)O)nc(C)nc2s1. The molecule has 15 heavy (non-hydrogen) atoms. The number of fused-ring (bicyclic) bond motifs is 1. The van der Waals surface area contributed by atoms with Gasteiger partial charge in [0.2, 0.25) is 0 Å². The fourth-order valence-corrected chi connectivity index (χ4v) is 2.43. The third kappa shape index (κ3) is 1.70. The van der Waals surface area contributed by atoms with E-state index in [0.717, 1.165) is 16.1 Å². The van der Waals surface area contributed by atoms with Gasteiger partial charge in [0.1, 0.15) is 10.7 Å². The van der Waals surface area contributed by atoms with Crippen LogP contribution in [0.5, 0.6) is 0 Å². The van der Waals surface area contributed by atoms with Crippen LogP contribution >= 0.6 is 11.3 Å². The molecule has 0 aliphatic rings. The number of thiophene rings is 1. The Hall–Kier alpha value is -1.49. The Labute approximate surface area is 90.6 Å². The summed E-state index contributed by atoms with van der Waals surface area (Å²) in [6.07, 6.45) is 0.888. The fraction of sp³-hybridized carbons (Fsp3) is 0.300.